The number of hydrogen-bond donors (Lipinski definition) is 0. The van der Waals surface area contributed by atoms with Crippen molar-refractivity contribution in [3.63, 3.8) is 0 Å². The average Bonchev–Trinajstić information content (AvgIpc) is 3.09. The molecule has 184 valence electrons. The van der Waals surface area contributed by atoms with E-state index in [-0.39, 0.29) is 17.4 Å². The highest BCUT2D eigenvalue weighted by Crippen LogP contribution is 2.52. The minimum atomic E-state index is -0.395. The molecule has 36 heavy (non-hydrogen) atoms. The minimum absolute atomic E-state index is 0.116. The van der Waals surface area contributed by atoms with Crippen LogP contribution in [0.15, 0.2) is 84.9 Å². The van der Waals surface area contributed by atoms with Gasteiger partial charge < -0.3 is 4.90 Å². The van der Waals surface area contributed by atoms with Crippen LogP contribution in [-0.4, -0.2) is 5.54 Å². The number of benzene rings is 4. The van der Waals surface area contributed by atoms with Crippen molar-refractivity contribution in [3.05, 3.63) is 107 Å². The molecule has 4 aromatic rings. The molecule has 1 aliphatic carbocycles. The summed E-state index contributed by atoms with van der Waals surface area (Å²) in [5.74, 6) is 0. The first kappa shape index (κ1) is 21.9. The zero-order chi connectivity index (χ0) is 27.4. The molecule has 0 spiro atoms. The van der Waals surface area contributed by atoms with Gasteiger partial charge in [-0.05, 0) is 90.2 Å². The van der Waals surface area contributed by atoms with Gasteiger partial charge in [-0.1, -0.05) is 100 Å². The zero-order valence-corrected chi connectivity index (χ0v) is 22.7. The summed E-state index contributed by atoms with van der Waals surface area (Å²) in [6, 6.07) is 30.3. The molecule has 1 heteroatoms. The number of nitrogens with zero attached hydrogens (tertiary/aromatic N) is 1. The van der Waals surface area contributed by atoms with Gasteiger partial charge in [-0.3, -0.25) is 0 Å². The third-order valence-electron chi connectivity index (χ3n) is 7.64. The topological polar surface area (TPSA) is 3.24 Å². The maximum Gasteiger partial charge on any atom is 0.0454 e. The summed E-state index contributed by atoms with van der Waals surface area (Å²) < 4.78 is 17.7. The molecule has 0 radical (unpaired) electrons. The van der Waals surface area contributed by atoms with Crippen LogP contribution in [0.25, 0.3) is 22.3 Å². The van der Waals surface area contributed by atoms with Gasteiger partial charge in [0, 0.05) is 25.1 Å². The highest BCUT2D eigenvalue weighted by Gasteiger charge is 2.37. The van der Waals surface area contributed by atoms with Crippen molar-refractivity contribution in [1.82, 2.24) is 0 Å². The van der Waals surface area contributed by atoms with E-state index in [9.17, 15) is 0 Å². The Kier molecular flexibility index (Phi) is 5.46. The molecule has 0 heterocycles. The molecule has 0 fully saturated rings. The van der Waals surface area contributed by atoms with Crippen molar-refractivity contribution in [1.29, 1.82) is 0 Å². The average molecular weight is 476 g/mol. The van der Waals surface area contributed by atoms with Crippen LogP contribution in [0.1, 0.15) is 73.5 Å². The Hall–Kier alpha value is -3.32. The number of anilines is 2. The molecule has 0 bridgehead atoms. The third kappa shape index (κ3) is 3.95. The summed E-state index contributed by atoms with van der Waals surface area (Å²) >= 11 is 0. The summed E-state index contributed by atoms with van der Waals surface area (Å²) in [4.78, 5) is 2.38. The Morgan fingerprint density at radius 3 is 1.97 bits per heavy atom. The van der Waals surface area contributed by atoms with Gasteiger partial charge in [-0.15, -0.1) is 0 Å². The van der Waals surface area contributed by atoms with E-state index in [0.29, 0.717) is 0 Å². The molecule has 0 amide bonds. The Morgan fingerprint density at radius 1 is 0.667 bits per heavy atom. The van der Waals surface area contributed by atoms with Gasteiger partial charge in [0.1, 0.15) is 0 Å². The van der Waals surface area contributed by atoms with Crippen LogP contribution in [0.3, 0.4) is 0 Å². The molecule has 0 saturated carbocycles. The van der Waals surface area contributed by atoms with Gasteiger partial charge in [0.05, 0.1) is 0 Å². The third-order valence-corrected chi connectivity index (χ3v) is 7.64. The fourth-order valence-corrected chi connectivity index (χ4v) is 5.82. The van der Waals surface area contributed by atoms with E-state index >= 15 is 0 Å². The molecule has 0 saturated heterocycles. The van der Waals surface area contributed by atoms with Crippen LogP contribution in [0, 0.1) is 0 Å². The van der Waals surface area contributed by atoms with Crippen LogP contribution < -0.4 is 4.90 Å². The Labute approximate surface area is 220 Å². The van der Waals surface area contributed by atoms with E-state index in [0.717, 1.165) is 33.6 Å². The molecule has 2 atom stereocenters. The fourth-order valence-electron chi connectivity index (χ4n) is 5.82. The number of aryl methyl sites for hydroxylation is 2. The molecule has 4 aromatic carbocycles. The summed E-state index contributed by atoms with van der Waals surface area (Å²) in [6.45, 7) is 15.2. The lowest BCUT2D eigenvalue weighted by atomic mass is 9.81. The van der Waals surface area contributed by atoms with E-state index in [1.807, 2.05) is 19.9 Å². The van der Waals surface area contributed by atoms with Crippen molar-refractivity contribution < 1.29 is 2.74 Å². The molecule has 2 unspecified atom stereocenters. The monoisotopic (exact) mass is 475 g/mol. The molecule has 0 aromatic heterocycles. The van der Waals surface area contributed by atoms with Crippen molar-refractivity contribution in [3.8, 4) is 22.3 Å². The molecular weight excluding hydrogens is 434 g/mol. The lowest BCUT2D eigenvalue weighted by Crippen LogP contribution is -2.39. The van der Waals surface area contributed by atoms with Gasteiger partial charge in [0.15, 0.2) is 0 Å². The molecule has 0 N–H and O–H groups in total. The van der Waals surface area contributed by atoms with Gasteiger partial charge in [-0.2, -0.15) is 0 Å². The summed E-state index contributed by atoms with van der Waals surface area (Å²) in [7, 11) is 0. The van der Waals surface area contributed by atoms with E-state index in [4.69, 9.17) is 2.74 Å². The second-order valence-corrected chi connectivity index (χ2v) is 11.4. The summed E-state index contributed by atoms with van der Waals surface area (Å²) in [5.41, 5.74) is 11.1. The normalized spacial score (nSPS) is 16.4. The second-order valence-electron chi connectivity index (χ2n) is 11.4. The predicted octanol–water partition coefficient (Wildman–Crippen LogP) is 9.72. The lowest BCUT2D eigenvalue weighted by Gasteiger charge is -2.41. The van der Waals surface area contributed by atoms with E-state index in [1.165, 1.54) is 22.3 Å². The first-order valence-corrected chi connectivity index (χ1v) is 13.0. The number of rotatable bonds is 5. The first-order chi connectivity index (χ1) is 17.9. The number of hydrogen-bond acceptors (Lipinski definition) is 1. The molecule has 1 aliphatic rings. The van der Waals surface area contributed by atoms with Gasteiger partial charge in [-0.25, -0.2) is 0 Å². The molecule has 0 aliphatic heterocycles. The Balaban J connectivity index is 1.82. The number of fused-ring (bicyclic) bond motifs is 3. The smallest absolute Gasteiger partial charge is 0.0454 e. The first-order valence-electron chi connectivity index (χ1n) is 14.2. The van der Waals surface area contributed by atoms with Gasteiger partial charge in [0.25, 0.3) is 0 Å². The van der Waals surface area contributed by atoms with Crippen molar-refractivity contribution in [2.24, 2.45) is 0 Å². The molecular formula is C35H39N. The van der Waals surface area contributed by atoms with Crippen LogP contribution in [-0.2, 0) is 18.2 Å². The fraction of sp³-hybridized carbons (Fsp3) is 0.314. The Bertz CT molecular complexity index is 1480. The van der Waals surface area contributed by atoms with Crippen LogP contribution in [0.5, 0.6) is 0 Å². The standard InChI is InChI=1S/C35H39N/c1-8-24-19-20-27(26-15-11-10-12-16-26)22-32(24)36(34(3,4)5)33-23-29-28-17-13-14-18-30(28)35(6,7)31(29)21-25(33)9-2/h10-23H,8-9H2,1-7H3/i8D,9D. The van der Waals surface area contributed by atoms with Crippen molar-refractivity contribution in [2.45, 2.75) is 72.2 Å². The highest BCUT2D eigenvalue weighted by atomic mass is 15.2. The van der Waals surface area contributed by atoms with Crippen LogP contribution in [0.4, 0.5) is 11.4 Å². The van der Waals surface area contributed by atoms with Crippen LogP contribution in [0.2, 0.25) is 0 Å². The maximum atomic E-state index is 8.92. The largest absolute Gasteiger partial charge is 0.336 e. The summed E-state index contributed by atoms with van der Waals surface area (Å²) in [6.07, 6.45) is -0.778. The van der Waals surface area contributed by atoms with Crippen molar-refractivity contribution >= 4 is 11.4 Å². The SMILES string of the molecule is [2H]C(C)c1ccc(-c2ccccc2)cc1N(c1cc2c(cc1C([2H])C)C(C)(C)c1ccccc1-2)C(C)(C)C. The Morgan fingerprint density at radius 2 is 1.31 bits per heavy atom. The zero-order valence-electron chi connectivity index (χ0n) is 24.7. The second kappa shape index (κ2) is 8.96. The molecule has 5 rings (SSSR count). The molecule has 1 nitrogen and oxygen atoms in total. The van der Waals surface area contributed by atoms with Gasteiger partial charge >= 0.3 is 0 Å². The maximum absolute atomic E-state index is 8.92. The minimum Gasteiger partial charge on any atom is -0.336 e. The summed E-state index contributed by atoms with van der Waals surface area (Å²) in [5, 5.41) is 0. The van der Waals surface area contributed by atoms with Crippen LogP contribution >= 0.6 is 0 Å². The quantitative estimate of drug-likeness (QED) is 0.278. The van der Waals surface area contributed by atoms with E-state index < -0.39 is 6.40 Å². The van der Waals surface area contributed by atoms with Crippen molar-refractivity contribution in [2.75, 3.05) is 4.90 Å². The predicted molar refractivity (Wildman–Crippen MR) is 157 cm³/mol. The van der Waals surface area contributed by atoms with E-state index in [2.05, 4.69) is 118 Å². The van der Waals surface area contributed by atoms with E-state index in [1.54, 1.807) is 0 Å². The highest BCUT2D eigenvalue weighted by molar-refractivity contribution is 5.86. The van der Waals surface area contributed by atoms with Gasteiger partial charge in [0.2, 0.25) is 0 Å². The lowest BCUT2D eigenvalue weighted by molar-refractivity contribution is 0.557.